The van der Waals surface area contributed by atoms with Gasteiger partial charge in [-0.1, -0.05) is 6.58 Å². The Morgan fingerprint density at radius 3 is 2.20 bits per heavy atom. The van der Waals surface area contributed by atoms with Crippen LogP contribution in [0, 0.1) is 23.2 Å². The van der Waals surface area contributed by atoms with Crippen LogP contribution in [0.25, 0.3) is 0 Å². The van der Waals surface area contributed by atoms with Gasteiger partial charge in [-0.3, -0.25) is 9.59 Å². The van der Waals surface area contributed by atoms with Gasteiger partial charge in [-0.15, -0.1) is 0 Å². The molecule has 0 aromatic heterocycles. The molecule has 4 bridgehead atoms. The number of rotatable bonds is 7. The van der Waals surface area contributed by atoms with Gasteiger partial charge in [0.15, 0.2) is 0 Å². The third-order valence-corrected chi connectivity index (χ3v) is 10.9. The van der Waals surface area contributed by atoms with Crippen molar-refractivity contribution in [1.82, 2.24) is 14.9 Å². The van der Waals surface area contributed by atoms with Gasteiger partial charge in [0.2, 0.25) is 15.9 Å². The lowest BCUT2D eigenvalue weighted by atomic mass is 9.49. The molecule has 1 saturated heterocycles. The summed E-state index contributed by atoms with van der Waals surface area (Å²) >= 11 is 0. The maximum Gasteiger partial charge on any atom is 0.251 e. The second kappa shape index (κ2) is 9.36. The molecule has 2 unspecified atom stereocenters. The van der Waals surface area contributed by atoms with Gasteiger partial charge in [-0.25, -0.2) is 8.42 Å². The molecular formula is C27H37N3O4S. The highest BCUT2D eigenvalue weighted by Gasteiger charge is 2.50. The Morgan fingerprint density at radius 2 is 1.66 bits per heavy atom. The number of nitrogens with one attached hydrogen (secondary N) is 2. The van der Waals surface area contributed by atoms with Crippen molar-refractivity contribution in [3.63, 3.8) is 0 Å². The van der Waals surface area contributed by atoms with Crippen LogP contribution in [0.15, 0.2) is 41.8 Å². The van der Waals surface area contributed by atoms with E-state index < -0.39 is 10.0 Å². The number of piperidine rings is 1. The predicted octanol–water partition coefficient (Wildman–Crippen LogP) is 3.48. The van der Waals surface area contributed by atoms with E-state index in [4.69, 9.17) is 0 Å². The fourth-order valence-corrected chi connectivity index (χ4v) is 9.35. The Morgan fingerprint density at radius 1 is 1.06 bits per heavy atom. The molecule has 4 aliphatic carbocycles. The Bertz CT molecular complexity index is 1060. The topological polar surface area (TPSA) is 95.6 Å². The molecule has 1 heterocycles. The van der Waals surface area contributed by atoms with Gasteiger partial charge >= 0.3 is 0 Å². The SMILES string of the molecule is C=CC(=O)NC1CCN(S(=O)(=O)c2ccc(C(=O)NCC34CC5CC(CC(C5)C3)C4)cc2)C(C)C1. The second-order valence-electron chi connectivity index (χ2n) is 11.5. The number of benzene rings is 1. The Hall–Kier alpha value is -2.19. The van der Waals surface area contributed by atoms with Gasteiger partial charge in [0.05, 0.1) is 4.90 Å². The molecule has 190 valence electrons. The average Bonchev–Trinajstić information content (AvgIpc) is 2.81. The summed E-state index contributed by atoms with van der Waals surface area (Å²) in [5.41, 5.74) is 0.758. The Labute approximate surface area is 208 Å². The standard InChI is InChI=1S/C27H37N3O4S/c1-3-25(31)29-23-8-9-30(18(2)10-23)35(33,34)24-6-4-22(5-7-24)26(32)28-17-27-14-19-11-20(15-27)13-21(12-19)16-27/h3-7,18-21,23H,1,8-17H2,2H3,(H,28,32)(H,29,31). The zero-order valence-corrected chi connectivity index (χ0v) is 21.4. The molecule has 4 saturated carbocycles. The molecular weight excluding hydrogens is 462 g/mol. The van der Waals surface area contributed by atoms with Crippen molar-refractivity contribution < 1.29 is 18.0 Å². The summed E-state index contributed by atoms with van der Waals surface area (Å²) in [6.45, 7) is 6.38. The smallest absolute Gasteiger partial charge is 0.251 e. The largest absolute Gasteiger partial charge is 0.351 e. The van der Waals surface area contributed by atoms with Crippen LogP contribution in [-0.4, -0.2) is 49.7 Å². The first-order chi connectivity index (χ1) is 16.7. The highest BCUT2D eigenvalue weighted by Crippen LogP contribution is 2.59. The summed E-state index contributed by atoms with van der Waals surface area (Å²) in [5.74, 6) is 2.16. The lowest BCUT2D eigenvalue weighted by molar-refractivity contribution is -0.117. The third kappa shape index (κ3) is 4.92. The van der Waals surface area contributed by atoms with Gasteiger partial charge < -0.3 is 10.6 Å². The van der Waals surface area contributed by atoms with Crippen molar-refractivity contribution in [2.45, 2.75) is 75.3 Å². The Kier molecular flexibility index (Phi) is 6.55. The molecule has 5 fully saturated rings. The number of carbonyl (C=O) groups is 2. The van der Waals surface area contributed by atoms with Crippen LogP contribution in [0.1, 0.15) is 68.6 Å². The van der Waals surface area contributed by atoms with Crippen LogP contribution in [0.4, 0.5) is 0 Å². The van der Waals surface area contributed by atoms with Gasteiger partial charge in [0, 0.05) is 30.7 Å². The fraction of sp³-hybridized carbons (Fsp3) is 0.630. The van der Waals surface area contributed by atoms with Crippen LogP contribution >= 0.6 is 0 Å². The van der Waals surface area contributed by atoms with Crippen LogP contribution in [0.2, 0.25) is 0 Å². The number of hydrogen-bond donors (Lipinski definition) is 2. The van der Waals surface area contributed by atoms with Crippen LogP contribution in [0.3, 0.4) is 0 Å². The molecule has 0 spiro atoms. The van der Waals surface area contributed by atoms with Crippen molar-refractivity contribution in [3.8, 4) is 0 Å². The number of sulfonamides is 1. The number of nitrogens with zero attached hydrogens (tertiary/aromatic N) is 1. The summed E-state index contributed by atoms with van der Waals surface area (Å²) < 4.78 is 28.0. The molecule has 5 aliphatic rings. The zero-order chi connectivity index (χ0) is 24.8. The second-order valence-corrected chi connectivity index (χ2v) is 13.4. The van der Waals surface area contributed by atoms with E-state index in [0.29, 0.717) is 24.9 Å². The summed E-state index contributed by atoms with van der Waals surface area (Å²) in [6.07, 6.45) is 10.2. The van der Waals surface area contributed by atoms with E-state index in [0.717, 1.165) is 24.3 Å². The zero-order valence-electron chi connectivity index (χ0n) is 20.5. The van der Waals surface area contributed by atoms with E-state index in [1.807, 2.05) is 6.92 Å². The molecule has 2 N–H and O–H groups in total. The van der Waals surface area contributed by atoms with E-state index in [2.05, 4.69) is 17.2 Å². The van der Waals surface area contributed by atoms with E-state index >= 15 is 0 Å². The summed E-state index contributed by atoms with van der Waals surface area (Å²) in [5, 5.41) is 6.03. The average molecular weight is 500 g/mol. The van der Waals surface area contributed by atoms with Gasteiger partial charge in [0.1, 0.15) is 0 Å². The highest BCUT2D eigenvalue weighted by molar-refractivity contribution is 7.89. The maximum absolute atomic E-state index is 13.3. The molecule has 1 aromatic carbocycles. The molecule has 7 nitrogen and oxygen atoms in total. The molecule has 6 rings (SSSR count). The lowest BCUT2D eigenvalue weighted by Gasteiger charge is -2.56. The number of carbonyl (C=O) groups excluding carboxylic acids is 2. The summed E-state index contributed by atoms with van der Waals surface area (Å²) in [6, 6.07) is 5.99. The van der Waals surface area contributed by atoms with Crippen molar-refractivity contribution >= 4 is 21.8 Å². The quantitative estimate of drug-likeness (QED) is 0.562. The third-order valence-electron chi connectivity index (χ3n) is 8.86. The minimum atomic E-state index is -3.69. The van der Waals surface area contributed by atoms with Gasteiger partial charge in [0.25, 0.3) is 5.91 Å². The van der Waals surface area contributed by atoms with Gasteiger partial charge in [-0.05, 0) is 112 Å². The van der Waals surface area contributed by atoms with Crippen molar-refractivity contribution in [1.29, 1.82) is 0 Å². The fourth-order valence-electron chi connectivity index (χ4n) is 7.69. The van der Waals surface area contributed by atoms with E-state index in [1.54, 1.807) is 12.1 Å². The molecule has 2 amide bonds. The van der Waals surface area contributed by atoms with Crippen LogP contribution in [-0.2, 0) is 14.8 Å². The van der Waals surface area contributed by atoms with Crippen LogP contribution in [0.5, 0.6) is 0 Å². The van der Waals surface area contributed by atoms with Crippen LogP contribution < -0.4 is 10.6 Å². The first-order valence-corrected chi connectivity index (χ1v) is 14.4. The first kappa shape index (κ1) is 24.5. The molecule has 1 aromatic rings. The van der Waals surface area contributed by atoms with Crippen molar-refractivity contribution in [2.24, 2.45) is 23.2 Å². The Balaban J connectivity index is 1.19. The monoisotopic (exact) mass is 499 g/mol. The van der Waals surface area contributed by atoms with Gasteiger partial charge in [-0.2, -0.15) is 4.31 Å². The maximum atomic E-state index is 13.3. The lowest BCUT2D eigenvalue weighted by Crippen LogP contribution is -2.51. The van der Waals surface area contributed by atoms with Crippen molar-refractivity contribution in [2.75, 3.05) is 13.1 Å². The van der Waals surface area contributed by atoms with E-state index in [-0.39, 0.29) is 34.2 Å². The molecule has 1 aliphatic heterocycles. The predicted molar refractivity (Wildman–Crippen MR) is 134 cm³/mol. The molecule has 0 radical (unpaired) electrons. The van der Waals surface area contributed by atoms with E-state index in [1.165, 1.54) is 61.0 Å². The highest BCUT2D eigenvalue weighted by atomic mass is 32.2. The molecule has 2 atom stereocenters. The summed E-state index contributed by atoms with van der Waals surface area (Å²) in [7, 11) is -3.69. The summed E-state index contributed by atoms with van der Waals surface area (Å²) in [4.78, 5) is 24.7. The first-order valence-electron chi connectivity index (χ1n) is 13.0. The minimum absolute atomic E-state index is 0.0676. The van der Waals surface area contributed by atoms with E-state index in [9.17, 15) is 18.0 Å². The minimum Gasteiger partial charge on any atom is -0.351 e. The molecule has 8 heteroatoms. The normalized spacial score (nSPS) is 34.4. The van der Waals surface area contributed by atoms with Crippen molar-refractivity contribution in [3.05, 3.63) is 42.5 Å². The number of amides is 2. The number of hydrogen-bond acceptors (Lipinski definition) is 4. The molecule has 35 heavy (non-hydrogen) atoms.